The first-order valence-corrected chi connectivity index (χ1v) is 29.7. The molecule has 0 spiro atoms. The average Bonchev–Trinajstić information content (AvgIpc) is 3.25. The number of nitrogens with one attached hydrogen (secondary N) is 1. The molecule has 2 bridgehead atoms. The predicted molar refractivity (Wildman–Crippen MR) is 325 cm³/mol. The highest BCUT2D eigenvalue weighted by atomic mass is 35.5. The van der Waals surface area contributed by atoms with Gasteiger partial charge in [0.1, 0.15) is 40.7 Å². The van der Waals surface area contributed by atoms with Crippen LogP contribution in [-0.4, -0.2) is 116 Å². The van der Waals surface area contributed by atoms with E-state index in [0.29, 0.717) is 64.6 Å². The molecule has 0 radical (unpaired) electrons. The van der Waals surface area contributed by atoms with E-state index in [1.54, 1.807) is 18.7 Å². The fourth-order valence-electron chi connectivity index (χ4n) is 11.6. The zero-order valence-electron chi connectivity index (χ0n) is 49.3. The monoisotopic (exact) mass is 1180 g/mol. The Kier molecular flexibility index (Phi) is 18.7. The third-order valence-corrected chi connectivity index (χ3v) is 17.1. The number of nitrogen functional groups attached to an aromatic ring is 1. The number of hydrogen-bond donors (Lipinski definition) is 2. The van der Waals surface area contributed by atoms with Crippen molar-refractivity contribution in [2.24, 2.45) is 4.99 Å². The number of aromatic nitrogens is 4. The second-order valence-corrected chi connectivity index (χ2v) is 24.1. The van der Waals surface area contributed by atoms with Crippen molar-refractivity contribution in [2.45, 2.75) is 129 Å². The number of halogens is 3. The SMILES string of the molecule is CCOc1cc(C(C)(C)C)ccc1C1=N[C@](C)(c2ccc(Cl)cc2)[C@](C)(c2ccc(Cl)cc2)N1C(=O)N1CCN(CCCCCCCCC(=O)NCCn2nc(C#N)c3c2CN(C)C(=O)c2ccc(F)cc2[C@@H](C)Oc2nc-3cnc2N)CC1. The van der Waals surface area contributed by atoms with Gasteiger partial charge in [0.15, 0.2) is 11.5 Å². The first kappa shape index (κ1) is 61.0. The largest absolute Gasteiger partial charge is 0.493 e. The standard InChI is InChI=1S/C64H75Cl2FN12O5/c1-9-83-54-36-44(62(3,4)5)21-27-49(54)58-73-63(6,42-17-22-45(65)23-18-42)64(7,43-19-24-46(66)25-20-43)79(58)61(82)77-34-32-76(33-35-77)30-15-13-11-10-12-14-16-55(80)70-29-31-78-53-40-75(8)60(81)48-28-26-47(67)37-50(48)41(2)84-59-57(69)71-39-52(72-59)56(53)51(38-68)74-78/h17-28,36-37,39,41H,9-16,29-35,40H2,1-8H3,(H2,69,71)(H,70,80)/t41-,63-,64+/m1/s1. The van der Waals surface area contributed by atoms with Gasteiger partial charge >= 0.3 is 6.03 Å². The Labute approximate surface area is 501 Å². The van der Waals surface area contributed by atoms with Crippen molar-refractivity contribution in [2.75, 3.05) is 58.7 Å². The third-order valence-electron chi connectivity index (χ3n) is 16.6. The molecule has 3 aliphatic heterocycles. The van der Waals surface area contributed by atoms with Crippen LogP contribution in [0.3, 0.4) is 0 Å². The lowest BCUT2D eigenvalue weighted by molar-refractivity contribution is -0.121. The van der Waals surface area contributed by atoms with E-state index in [1.165, 1.54) is 29.3 Å². The number of anilines is 1. The number of carbonyl (C=O) groups excluding carboxylic acids is 3. The summed E-state index contributed by atoms with van der Waals surface area (Å²) in [5, 5.41) is 19.0. The number of amides is 4. The number of aliphatic imine (C=N–C) groups is 1. The number of amidine groups is 1. The minimum absolute atomic E-state index is 0.0152. The maximum absolute atomic E-state index is 15.6. The Morgan fingerprint density at radius 3 is 2.21 bits per heavy atom. The lowest BCUT2D eigenvalue weighted by Crippen LogP contribution is -2.60. The highest BCUT2D eigenvalue weighted by Gasteiger charge is 2.60. The van der Waals surface area contributed by atoms with Crippen molar-refractivity contribution in [1.82, 2.24) is 44.7 Å². The van der Waals surface area contributed by atoms with Crippen molar-refractivity contribution in [1.29, 1.82) is 5.26 Å². The van der Waals surface area contributed by atoms with Gasteiger partial charge in [-0.1, -0.05) is 100.0 Å². The maximum Gasteiger partial charge on any atom is 0.326 e. The summed E-state index contributed by atoms with van der Waals surface area (Å²) in [5.41, 5.74) is 9.40. The zero-order chi connectivity index (χ0) is 60.1. The third kappa shape index (κ3) is 12.7. The number of piperazine rings is 1. The van der Waals surface area contributed by atoms with E-state index in [4.69, 9.17) is 43.4 Å². The van der Waals surface area contributed by atoms with Gasteiger partial charge < -0.3 is 30.3 Å². The highest BCUT2D eigenvalue weighted by molar-refractivity contribution is 6.30. The number of hydrogen-bond acceptors (Lipinski definition) is 12. The molecular formula is C64H75Cl2FN12O5. The molecule has 3 atom stereocenters. The fourth-order valence-corrected chi connectivity index (χ4v) is 11.9. The number of rotatable bonds is 17. The van der Waals surface area contributed by atoms with Crippen LogP contribution in [0.25, 0.3) is 11.3 Å². The molecule has 0 unspecified atom stereocenters. The summed E-state index contributed by atoms with van der Waals surface area (Å²) in [4.78, 5) is 64.8. The van der Waals surface area contributed by atoms with Gasteiger partial charge in [-0.3, -0.25) is 29.1 Å². The zero-order valence-corrected chi connectivity index (χ0v) is 50.8. The second kappa shape index (κ2) is 25.7. The molecule has 3 N–H and O–H groups in total. The first-order chi connectivity index (χ1) is 40.1. The Morgan fingerprint density at radius 1 is 0.893 bits per heavy atom. The van der Waals surface area contributed by atoms with Gasteiger partial charge in [0.25, 0.3) is 11.8 Å². The minimum atomic E-state index is -1.02. The molecule has 3 aliphatic rings. The molecule has 1 fully saturated rings. The number of fused-ring (bicyclic) bond motifs is 5. The van der Waals surface area contributed by atoms with Crippen LogP contribution in [0, 0.1) is 17.1 Å². The number of nitriles is 1. The number of nitrogens with zero attached hydrogens (tertiary/aromatic N) is 10. The number of carbonyl (C=O) groups is 3. The second-order valence-electron chi connectivity index (χ2n) is 23.3. The highest BCUT2D eigenvalue weighted by Crippen LogP contribution is 2.54. The van der Waals surface area contributed by atoms with Gasteiger partial charge in [-0.05, 0) is 124 Å². The molecule has 20 heteroatoms. The van der Waals surface area contributed by atoms with Crippen LogP contribution in [0.5, 0.6) is 11.6 Å². The Hall–Kier alpha value is -7.59. The van der Waals surface area contributed by atoms with Crippen LogP contribution < -0.4 is 20.5 Å². The van der Waals surface area contributed by atoms with Crippen LogP contribution >= 0.6 is 23.2 Å². The molecular weight excluding hydrogens is 1110 g/mol. The number of ether oxygens (including phenoxy) is 2. The Morgan fingerprint density at radius 2 is 1.55 bits per heavy atom. The summed E-state index contributed by atoms with van der Waals surface area (Å²) < 4.78 is 28.6. The van der Waals surface area contributed by atoms with Gasteiger partial charge in [0.2, 0.25) is 5.91 Å². The summed E-state index contributed by atoms with van der Waals surface area (Å²) in [5.74, 6) is 0.137. The van der Waals surface area contributed by atoms with Gasteiger partial charge in [0, 0.05) is 67.4 Å². The van der Waals surface area contributed by atoms with Crippen LogP contribution in [0.4, 0.5) is 15.0 Å². The normalized spacial score (nSPS) is 19.1. The summed E-state index contributed by atoms with van der Waals surface area (Å²) in [7, 11) is 1.61. The van der Waals surface area contributed by atoms with Crippen molar-refractivity contribution in [3.63, 3.8) is 0 Å². The summed E-state index contributed by atoms with van der Waals surface area (Å²) in [6.45, 7) is 18.7. The molecule has 84 heavy (non-hydrogen) atoms. The molecule has 1 saturated heterocycles. The van der Waals surface area contributed by atoms with Crippen LogP contribution in [0.15, 0.2) is 96.1 Å². The number of nitrogens with two attached hydrogens (primary N) is 1. The lowest BCUT2D eigenvalue weighted by atomic mass is 9.71. The Bertz CT molecular complexity index is 3460. The quantitative estimate of drug-likeness (QED) is 0.0823. The van der Waals surface area contributed by atoms with Crippen molar-refractivity contribution >= 4 is 52.7 Å². The van der Waals surface area contributed by atoms with Crippen LogP contribution in [0.1, 0.15) is 149 Å². The summed E-state index contributed by atoms with van der Waals surface area (Å²) in [6.07, 6.45) is 6.74. The minimum Gasteiger partial charge on any atom is -0.493 e. The van der Waals surface area contributed by atoms with Gasteiger partial charge in [-0.25, -0.2) is 19.2 Å². The van der Waals surface area contributed by atoms with Crippen molar-refractivity contribution < 1.29 is 28.2 Å². The van der Waals surface area contributed by atoms with E-state index in [9.17, 15) is 19.2 Å². The first-order valence-electron chi connectivity index (χ1n) is 29.0. The lowest BCUT2D eigenvalue weighted by Gasteiger charge is -2.47. The summed E-state index contributed by atoms with van der Waals surface area (Å²) in [6, 6.07) is 27.6. The maximum atomic E-state index is 15.6. The average molecular weight is 1180 g/mol. The van der Waals surface area contributed by atoms with E-state index < -0.39 is 28.9 Å². The number of unbranched alkanes of at least 4 members (excludes halogenated alkanes) is 5. The molecule has 6 aromatic rings. The van der Waals surface area contributed by atoms with Crippen molar-refractivity contribution in [3.8, 4) is 29.0 Å². The molecule has 0 saturated carbocycles. The summed E-state index contributed by atoms with van der Waals surface area (Å²) >= 11 is 13.0. The molecule has 4 amide bonds. The molecule has 5 heterocycles. The van der Waals surface area contributed by atoms with Crippen LogP contribution in [0.2, 0.25) is 10.0 Å². The van der Waals surface area contributed by atoms with Crippen molar-refractivity contribution in [3.05, 3.63) is 152 Å². The van der Waals surface area contributed by atoms with E-state index in [1.807, 2.05) is 65.3 Å². The molecule has 9 rings (SSSR count). The Balaban J connectivity index is 0.777. The predicted octanol–water partition coefficient (Wildman–Crippen LogP) is 11.8. The molecule has 17 nitrogen and oxygen atoms in total. The topological polar surface area (TPSA) is 200 Å². The smallest absolute Gasteiger partial charge is 0.326 e. The number of urea groups is 1. The van der Waals surface area contributed by atoms with Gasteiger partial charge in [-0.15, -0.1) is 0 Å². The van der Waals surface area contributed by atoms with Crippen LogP contribution in [-0.2, 0) is 34.4 Å². The van der Waals surface area contributed by atoms with Gasteiger partial charge in [-0.2, -0.15) is 10.4 Å². The molecule has 2 aromatic heterocycles. The van der Waals surface area contributed by atoms with Gasteiger partial charge in [0.05, 0.1) is 48.4 Å². The molecule has 442 valence electrons. The van der Waals surface area contributed by atoms with E-state index in [2.05, 4.69) is 84.2 Å². The fraction of sp³-hybridized carbons (Fsp3) is 0.438. The molecule has 4 aromatic carbocycles. The van der Waals surface area contributed by atoms with E-state index >= 15 is 4.79 Å². The van der Waals surface area contributed by atoms with E-state index in [-0.39, 0.29) is 65.6 Å². The molecule has 0 aliphatic carbocycles. The van der Waals surface area contributed by atoms with E-state index in [0.717, 1.165) is 80.4 Å². The number of benzene rings is 4.